The third-order valence-corrected chi connectivity index (χ3v) is 8.14. The number of nitrogens with zero attached hydrogens (tertiary/aromatic N) is 2. The number of fused-ring (bicyclic) bond motifs is 1. The molecule has 1 aliphatic heterocycles. The third kappa shape index (κ3) is 4.10. The molecule has 30 heavy (non-hydrogen) atoms. The van der Waals surface area contributed by atoms with Crippen LogP contribution in [0.4, 0.5) is 9.52 Å². The lowest BCUT2D eigenvalue weighted by Crippen LogP contribution is -2.43. The Balaban J connectivity index is 1.49. The van der Waals surface area contributed by atoms with E-state index in [1.54, 1.807) is 0 Å². The van der Waals surface area contributed by atoms with Crippen molar-refractivity contribution in [3.63, 3.8) is 0 Å². The molecule has 2 aromatic carbocycles. The molecule has 1 saturated heterocycles. The topological polar surface area (TPSA) is 79.4 Å². The van der Waals surface area contributed by atoms with Gasteiger partial charge in [-0.15, -0.1) is 0 Å². The Hall–Kier alpha value is -2.36. The zero-order valence-corrected chi connectivity index (χ0v) is 18.1. The second-order valence-electron chi connectivity index (χ2n) is 7.28. The van der Waals surface area contributed by atoms with Crippen LogP contribution in [0.3, 0.4) is 0 Å². The number of anilines is 1. The molecule has 0 spiro atoms. The van der Waals surface area contributed by atoms with E-state index in [2.05, 4.69) is 17.2 Å². The molecule has 0 aliphatic carbocycles. The van der Waals surface area contributed by atoms with E-state index in [4.69, 9.17) is 0 Å². The van der Waals surface area contributed by atoms with Crippen molar-refractivity contribution < 1.29 is 17.6 Å². The maximum Gasteiger partial charge on any atom is 0.243 e. The molecule has 4 rings (SSSR count). The molecular weight excluding hydrogens is 425 g/mol. The number of thiazole rings is 1. The molecule has 0 saturated carbocycles. The van der Waals surface area contributed by atoms with E-state index in [1.807, 2.05) is 18.2 Å². The molecule has 0 bridgehead atoms. The zero-order valence-electron chi connectivity index (χ0n) is 16.5. The number of carbonyl (C=O) groups excluding carboxylic acids is 1. The van der Waals surface area contributed by atoms with Crippen LogP contribution >= 0.6 is 11.3 Å². The fourth-order valence-electron chi connectivity index (χ4n) is 3.68. The van der Waals surface area contributed by atoms with Gasteiger partial charge in [0.1, 0.15) is 5.82 Å². The normalized spacial score (nSPS) is 17.9. The molecule has 1 atom stereocenters. The summed E-state index contributed by atoms with van der Waals surface area (Å²) in [7, 11) is -3.77. The quantitative estimate of drug-likeness (QED) is 0.640. The summed E-state index contributed by atoms with van der Waals surface area (Å²) in [6.45, 7) is 2.49. The Bertz CT molecular complexity index is 1180. The number of benzene rings is 2. The average Bonchev–Trinajstić information content (AvgIpc) is 3.16. The molecule has 1 unspecified atom stereocenters. The lowest BCUT2D eigenvalue weighted by atomic mass is 9.99. The number of hydrogen-bond donors (Lipinski definition) is 1. The summed E-state index contributed by atoms with van der Waals surface area (Å²) in [5.41, 5.74) is 2.02. The summed E-state index contributed by atoms with van der Waals surface area (Å²) in [6.07, 6.45) is 2.04. The molecule has 1 aromatic heterocycles. The molecule has 0 radical (unpaired) electrons. The number of para-hydroxylation sites is 1. The number of amides is 1. The lowest BCUT2D eigenvalue weighted by molar-refractivity contribution is -0.120. The first-order valence-electron chi connectivity index (χ1n) is 9.83. The van der Waals surface area contributed by atoms with Gasteiger partial charge in [-0.1, -0.05) is 30.4 Å². The van der Waals surface area contributed by atoms with Crippen molar-refractivity contribution in [3.8, 4) is 0 Å². The van der Waals surface area contributed by atoms with E-state index < -0.39 is 21.8 Å². The van der Waals surface area contributed by atoms with E-state index in [0.29, 0.717) is 24.5 Å². The zero-order chi connectivity index (χ0) is 21.3. The largest absolute Gasteiger partial charge is 0.302 e. The van der Waals surface area contributed by atoms with Crippen LogP contribution in [0.5, 0.6) is 0 Å². The van der Waals surface area contributed by atoms with Crippen molar-refractivity contribution in [1.29, 1.82) is 0 Å². The van der Waals surface area contributed by atoms with Crippen LogP contribution in [0.2, 0.25) is 0 Å². The first kappa shape index (κ1) is 20.9. The van der Waals surface area contributed by atoms with Crippen molar-refractivity contribution in [2.45, 2.75) is 31.1 Å². The standard InChI is InChI=1S/C21H22FN3O3S2/c1-2-14-5-3-7-18-19(14)23-21(29-18)24-20(26)15-6-4-12-25(13-15)30(27,28)17-10-8-16(22)9-11-17/h3,5,7-11,15H,2,4,6,12-13H2,1H3,(H,23,24,26). The Morgan fingerprint density at radius 3 is 2.77 bits per heavy atom. The molecule has 1 amide bonds. The van der Waals surface area contributed by atoms with E-state index in [9.17, 15) is 17.6 Å². The van der Waals surface area contributed by atoms with Gasteiger partial charge in [-0.3, -0.25) is 4.79 Å². The van der Waals surface area contributed by atoms with E-state index in [-0.39, 0.29) is 17.3 Å². The molecule has 2 heterocycles. The Labute approximate surface area is 178 Å². The molecule has 1 aliphatic rings. The van der Waals surface area contributed by atoms with Gasteiger partial charge in [-0.2, -0.15) is 4.31 Å². The molecule has 3 aromatic rings. The summed E-state index contributed by atoms with van der Waals surface area (Å²) >= 11 is 1.41. The summed E-state index contributed by atoms with van der Waals surface area (Å²) in [6, 6.07) is 10.7. The first-order chi connectivity index (χ1) is 14.4. The lowest BCUT2D eigenvalue weighted by Gasteiger charge is -2.31. The van der Waals surface area contributed by atoms with Crippen molar-refractivity contribution in [3.05, 3.63) is 53.8 Å². The van der Waals surface area contributed by atoms with Crippen molar-refractivity contribution in [2.24, 2.45) is 5.92 Å². The first-order valence-corrected chi connectivity index (χ1v) is 12.1. The van der Waals surface area contributed by atoms with Crippen LogP contribution in [0.15, 0.2) is 47.4 Å². The molecule has 158 valence electrons. The number of aromatic nitrogens is 1. The minimum atomic E-state index is -3.77. The van der Waals surface area contributed by atoms with Gasteiger partial charge in [0.25, 0.3) is 0 Å². The molecule has 1 fully saturated rings. The number of rotatable bonds is 5. The number of piperidine rings is 1. The number of aryl methyl sites for hydroxylation is 1. The summed E-state index contributed by atoms with van der Waals surface area (Å²) in [5.74, 6) is -1.19. The Kier molecular flexibility index (Phi) is 5.86. The van der Waals surface area contributed by atoms with Gasteiger partial charge in [0, 0.05) is 13.1 Å². The monoisotopic (exact) mass is 447 g/mol. The van der Waals surface area contributed by atoms with Crippen LogP contribution in [0, 0.1) is 11.7 Å². The predicted octanol–water partition coefficient (Wildman–Crippen LogP) is 4.04. The predicted molar refractivity (Wildman–Crippen MR) is 116 cm³/mol. The number of hydrogen-bond acceptors (Lipinski definition) is 5. The van der Waals surface area contributed by atoms with Gasteiger partial charge in [0.05, 0.1) is 21.0 Å². The molecular formula is C21H22FN3O3S2. The second-order valence-corrected chi connectivity index (χ2v) is 10.3. The summed E-state index contributed by atoms with van der Waals surface area (Å²) < 4.78 is 41.2. The van der Waals surface area contributed by atoms with E-state index in [0.717, 1.165) is 34.3 Å². The van der Waals surface area contributed by atoms with E-state index >= 15 is 0 Å². The molecule has 1 N–H and O–H groups in total. The van der Waals surface area contributed by atoms with Gasteiger partial charge < -0.3 is 5.32 Å². The minimum Gasteiger partial charge on any atom is -0.302 e. The summed E-state index contributed by atoms with van der Waals surface area (Å²) in [5, 5.41) is 3.39. The van der Waals surface area contributed by atoms with Crippen LogP contribution in [-0.4, -0.2) is 36.7 Å². The fraction of sp³-hybridized carbons (Fsp3) is 0.333. The van der Waals surface area contributed by atoms with Crippen molar-refractivity contribution >= 4 is 42.6 Å². The maximum absolute atomic E-state index is 13.2. The van der Waals surface area contributed by atoms with Crippen LogP contribution in [0.1, 0.15) is 25.3 Å². The van der Waals surface area contributed by atoms with Gasteiger partial charge in [0.15, 0.2) is 5.13 Å². The van der Waals surface area contributed by atoms with Crippen LogP contribution < -0.4 is 5.32 Å². The SMILES string of the molecule is CCc1cccc2sc(NC(=O)C3CCCN(S(=O)(=O)c4ccc(F)cc4)C3)nc12. The Morgan fingerprint density at radius 1 is 1.27 bits per heavy atom. The molecule has 9 heteroatoms. The number of carbonyl (C=O) groups is 1. The average molecular weight is 448 g/mol. The molecule has 6 nitrogen and oxygen atoms in total. The van der Waals surface area contributed by atoms with Gasteiger partial charge >= 0.3 is 0 Å². The highest BCUT2D eigenvalue weighted by atomic mass is 32.2. The number of nitrogens with one attached hydrogen (secondary N) is 1. The minimum absolute atomic E-state index is 0.0308. The number of halogens is 1. The second kappa shape index (κ2) is 8.41. The van der Waals surface area contributed by atoms with Gasteiger partial charge in [-0.25, -0.2) is 17.8 Å². The fourth-order valence-corrected chi connectivity index (χ4v) is 6.12. The highest BCUT2D eigenvalue weighted by Crippen LogP contribution is 2.30. The van der Waals surface area contributed by atoms with Crippen LogP contribution in [0.25, 0.3) is 10.2 Å². The summed E-state index contributed by atoms with van der Waals surface area (Å²) in [4.78, 5) is 17.4. The Morgan fingerprint density at radius 2 is 2.03 bits per heavy atom. The maximum atomic E-state index is 13.2. The van der Waals surface area contributed by atoms with Crippen molar-refractivity contribution in [2.75, 3.05) is 18.4 Å². The third-order valence-electron chi connectivity index (χ3n) is 5.32. The highest BCUT2D eigenvalue weighted by molar-refractivity contribution is 7.89. The van der Waals surface area contributed by atoms with E-state index in [1.165, 1.54) is 27.8 Å². The number of sulfonamides is 1. The van der Waals surface area contributed by atoms with Crippen LogP contribution in [-0.2, 0) is 21.2 Å². The highest BCUT2D eigenvalue weighted by Gasteiger charge is 2.33. The van der Waals surface area contributed by atoms with Crippen molar-refractivity contribution in [1.82, 2.24) is 9.29 Å². The van der Waals surface area contributed by atoms with Gasteiger partial charge in [0.2, 0.25) is 15.9 Å². The van der Waals surface area contributed by atoms with Gasteiger partial charge in [-0.05, 0) is 55.2 Å². The smallest absolute Gasteiger partial charge is 0.243 e.